The number of hydrogen-bond donors (Lipinski definition) is 2. The molecule has 1 rings (SSSR count). The molecular formula is C8H11NO3. The van der Waals surface area contributed by atoms with Gasteiger partial charge in [0, 0.05) is 6.20 Å². The summed E-state index contributed by atoms with van der Waals surface area (Å²) in [4.78, 5) is 10.9. The molecule has 0 amide bonds. The molecule has 0 spiro atoms. The zero-order chi connectivity index (χ0) is 9.14. The molecule has 0 aromatic carbocycles. The third-order valence-electron chi connectivity index (χ3n) is 1.66. The smallest absolute Gasteiger partial charge is 0.339 e. The quantitative estimate of drug-likeness (QED) is 0.560. The van der Waals surface area contributed by atoms with Crippen molar-refractivity contribution in [3.05, 3.63) is 23.6 Å². The molecule has 2 N–H and O–H groups in total. The Labute approximate surface area is 70.5 Å². The largest absolute Gasteiger partial charge is 0.510 e. The van der Waals surface area contributed by atoms with Gasteiger partial charge in [0.2, 0.25) is 0 Å². The minimum Gasteiger partial charge on any atom is -0.510 e. The first-order valence-electron chi connectivity index (χ1n) is 3.60. The zero-order valence-corrected chi connectivity index (χ0v) is 7.00. The molecule has 12 heavy (non-hydrogen) atoms. The molecule has 0 aromatic rings. The zero-order valence-electron chi connectivity index (χ0n) is 7.00. The van der Waals surface area contributed by atoms with Gasteiger partial charge in [-0.2, -0.15) is 0 Å². The van der Waals surface area contributed by atoms with Crippen LogP contribution in [0.1, 0.15) is 6.92 Å². The first-order chi connectivity index (χ1) is 5.65. The van der Waals surface area contributed by atoms with Gasteiger partial charge in [-0.05, 0) is 13.0 Å². The van der Waals surface area contributed by atoms with Gasteiger partial charge in [-0.3, -0.25) is 0 Å². The second-order valence-corrected chi connectivity index (χ2v) is 2.55. The van der Waals surface area contributed by atoms with Crippen molar-refractivity contribution < 1.29 is 14.6 Å². The number of rotatable bonds is 1. The van der Waals surface area contributed by atoms with E-state index >= 15 is 0 Å². The Morgan fingerprint density at radius 2 is 2.42 bits per heavy atom. The van der Waals surface area contributed by atoms with E-state index in [2.05, 4.69) is 10.1 Å². The molecule has 1 atom stereocenters. The maximum absolute atomic E-state index is 10.9. The lowest BCUT2D eigenvalue weighted by Gasteiger charge is -2.16. The lowest BCUT2D eigenvalue weighted by atomic mass is 10.1. The van der Waals surface area contributed by atoms with Crippen LogP contribution < -0.4 is 5.32 Å². The number of esters is 1. The number of aliphatic hydroxyl groups excluding tert-OH is 1. The second kappa shape index (κ2) is 3.30. The summed E-state index contributed by atoms with van der Waals surface area (Å²) in [6, 6.07) is -0.140. The molecule has 0 saturated carbocycles. The molecule has 1 heterocycles. The fourth-order valence-electron chi connectivity index (χ4n) is 0.862. The molecular weight excluding hydrogens is 158 g/mol. The molecule has 0 bridgehead atoms. The van der Waals surface area contributed by atoms with Crippen molar-refractivity contribution in [1.29, 1.82) is 0 Å². The van der Waals surface area contributed by atoms with E-state index in [4.69, 9.17) is 0 Å². The predicted octanol–water partition coefficient (Wildman–Crippen LogP) is 0.477. The predicted molar refractivity (Wildman–Crippen MR) is 43.4 cm³/mol. The van der Waals surface area contributed by atoms with Crippen LogP contribution in [0.2, 0.25) is 0 Å². The van der Waals surface area contributed by atoms with Crippen molar-refractivity contribution in [2.24, 2.45) is 0 Å². The summed E-state index contributed by atoms with van der Waals surface area (Å²) >= 11 is 0. The molecule has 0 aliphatic carbocycles. The highest BCUT2D eigenvalue weighted by molar-refractivity contribution is 5.91. The minimum atomic E-state index is -0.457. The third-order valence-corrected chi connectivity index (χ3v) is 1.66. The Balaban J connectivity index is 2.78. The van der Waals surface area contributed by atoms with Gasteiger partial charge >= 0.3 is 5.97 Å². The van der Waals surface area contributed by atoms with E-state index in [-0.39, 0.29) is 11.8 Å². The van der Waals surface area contributed by atoms with E-state index < -0.39 is 5.97 Å². The first-order valence-corrected chi connectivity index (χ1v) is 3.60. The van der Waals surface area contributed by atoms with Crippen molar-refractivity contribution >= 4 is 5.97 Å². The van der Waals surface area contributed by atoms with Crippen LogP contribution in [0, 0.1) is 0 Å². The number of methoxy groups -OCH3 is 1. The van der Waals surface area contributed by atoms with Crippen LogP contribution in [-0.2, 0) is 9.53 Å². The molecule has 4 nitrogen and oxygen atoms in total. The minimum absolute atomic E-state index is 0.137. The van der Waals surface area contributed by atoms with Gasteiger partial charge in [-0.15, -0.1) is 0 Å². The maximum atomic E-state index is 10.9. The van der Waals surface area contributed by atoms with E-state index in [0.717, 1.165) is 0 Å². The molecule has 0 radical (unpaired) electrons. The lowest BCUT2D eigenvalue weighted by Crippen LogP contribution is -2.27. The number of carbonyl (C=O) groups excluding carboxylic acids is 1. The normalized spacial score (nSPS) is 22.0. The summed E-state index contributed by atoms with van der Waals surface area (Å²) in [6.07, 6.45) is 2.92. The summed E-state index contributed by atoms with van der Waals surface area (Å²) in [7, 11) is 1.30. The molecule has 0 fully saturated rings. The van der Waals surface area contributed by atoms with Crippen LogP contribution in [0.25, 0.3) is 0 Å². The Hall–Kier alpha value is -1.45. The highest BCUT2D eigenvalue weighted by Crippen LogP contribution is 2.10. The van der Waals surface area contributed by atoms with Crippen LogP contribution in [0.4, 0.5) is 0 Å². The summed E-state index contributed by atoms with van der Waals surface area (Å²) in [6.45, 7) is 1.79. The fourth-order valence-corrected chi connectivity index (χ4v) is 0.862. The lowest BCUT2D eigenvalue weighted by molar-refractivity contribution is -0.135. The monoisotopic (exact) mass is 169 g/mol. The van der Waals surface area contributed by atoms with Crippen molar-refractivity contribution in [2.75, 3.05) is 7.11 Å². The number of ether oxygens (including phenoxy) is 1. The average molecular weight is 169 g/mol. The summed E-state index contributed by atoms with van der Waals surface area (Å²) in [5.74, 6) is -0.321. The highest BCUT2D eigenvalue weighted by Gasteiger charge is 2.16. The SMILES string of the molecule is COC(=O)C1=CNC(C)C(O)=C1. The average Bonchev–Trinajstić information content (AvgIpc) is 2.08. The van der Waals surface area contributed by atoms with Gasteiger partial charge in [-0.1, -0.05) is 0 Å². The Morgan fingerprint density at radius 3 is 2.92 bits per heavy atom. The van der Waals surface area contributed by atoms with Crippen LogP contribution in [-0.4, -0.2) is 24.2 Å². The van der Waals surface area contributed by atoms with E-state index in [1.165, 1.54) is 19.4 Å². The Bertz CT molecular complexity index is 255. The van der Waals surface area contributed by atoms with Gasteiger partial charge < -0.3 is 15.2 Å². The first kappa shape index (κ1) is 8.64. The van der Waals surface area contributed by atoms with Crippen LogP contribution in [0.3, 0.4) is 0 Å². The van der Waals surface area contributed by atoms with E-state index in [1.807, 2.05) is 0 Å². The fraction of sp³-hybridized carbons (Fsp3) is 0.375. The molecule has 1 aliphatic heterocycles. The van der Waals surface area contributed by atoms with Crippen LogP contribution in [0.15, 0.2) is 23.6 Å². The van der Waals surface area contributed by atoms with Gasteiger partial charge in [-0.25, -0.2) is 4.79 Å². The molecule has 1 aliphatic rings. The molecule has 1 unspecified atom stereocenters. The topological polar surface area (TPSA) is 58.6 Å². The number of dihydropyridines is 1. The highest BCUT2D eigenvalue weighted by atomic mass is 16.5. The second-order valence-electron chi connectivity index (χ2n) is 2.55. The molecule has 0 aromatic heterocycles. The van der Waals surface area contributed by atoms with E-state index in [1.54, 1.807) is 6.92 Å². The van der Waals surface area contributed by atoms with Gasteiger partial charge in [0.05, 0.1) is 18.7 Å². The molecule has 66 valence electrons. The van der Waals surface area contributed by atoms with Gasteiger partial charge in [0.1, 0.15) is 5.76 Å². The number of nitrogens with one attached hydrogen (secondary N) is 1. The number of carbonyl (C=O) groups is 1. The maximum Gasteiger partial charge on any atom is 0.339 e. The van der Waals surface area contributed by atoms with Crippen molar-refractivity contribution in [3.63, 3.8) is 0 Å². The molecule has 4 heteroatoms. The number of aliphatic hydroxyl groups is 1. The van der Waals surface area contributed by atoms with Crippen LogP contribution in [0.5, 0.6) is 0 Å². The Morgan fingerprint density at radius 1 is 1.75 bits per heavy atom. The molecule has 0 saturated heterocycles. The summed E-state index contributed by atoms with van der Waals surface area (Å²) in [5, 5.41) is 12.1. The van der Waals surface area contributed by atoms with Gasteiger partial charge in [0.15, 0.2) is 0 Å². The van der Waals surface area contributed by atoms with Crippen molar-refractivity contribution in [3.8, 4) is 0 Å². The Kier molecular flexibility index (Phi) is 2.38. The van der Waals surface area contributed by atoms with Gasteiger partial charge in [0.25, 0.3) is 0 Å². The summed E-state index contributed by atoms with van der Waals surface area (Å²) < 4.78 is 4.47. The van der Waals surface area contributed by atoms with Crippen molar-refractivity contribution in [1.82, 2.24) is 5.32 Å². The summed E-state index contributed by atoms with van der Waals surface area (Å²) in [5.41, 5.74) is 0.327. The third kappa shape index (κ3) is 1.58. The van der Waals surface area contributed by atoms with Crippen molar-refractivity contribution in [2.45, 2.75) is 13.0 Å². The van der Waals surface area contributed by atoms with E-state index in [9.17, 15) is 9.90 Å². The van der Waals surface area contributed by atoms with Crippen LogP contribution >= 0.6 is 0 Å². The standard InChI is InChI=1S/C8H11NO3/c1-5-7(10)3-6(4-9-5)8(11)12-2/h3-5,9-10H,1-2H3. The number of hydrogen-bond acceptors (Lipinski definition) is 4. The van der Waals surface area contributed by atoms with E-state index in [0.29, 0.717) is 5.57 Å².